The lowest BCUT2D eigenvalue weighted by atomic mass is 9.68. The molecule has 78 valence electrons. The third-order valence-corrected chi connectivity index (χ3v) is 4.25. The lowest BCUT2D eigenvalue weighted by Gasteiger charge is -2.39. The van der Waals surface area contributed by atoms with Gasteiger partial charge >= 0.3 is 0 Å². The van der Waals surface area contributed by atoms with Crippen LogP contribution in [-0.4, -0.2) is 4.83 Å². The highest BCUT2D eigenvalue weighted by atomic mass is 79.9. The van der Waals surface area contributed by atoms with Crippen molar-refractivity contribution in [2.24, 2.45) is 5.41 Å². The molecule has 2 rings (SSSR count). The van der Waals surface area contributed by atoms with E-state index >= 15 is 0 Å². The van der Waals surface area contributed by atoms with Crippen LogP contribution in [0.1, 0.15) is 44.8 Å². The minimum atomic E-state index is 0.377. The Morgan fingerprint density at radius 3 is 2.93 bits per heavy atom. The van der Waals surface area contributed by atoms with E-state index in [1.807, 2.05) is 6.07 Å². The van der Waals surface area contributed by atoms with Crippen LogP contribution >= 0.6 is 15.9 Å². The maximum absolute atomic E-state index is 5.54. The van der Waals surface area contributed by atoms with Gasteiger partial charge in [-0.3, -0.25) is 0 Å². The van der Waals surface area contributed by atoms with Gasteiger partial charge in [-0.2, -0.15) is 0 Å². The zero-order valence-corrected chi connectivity index (χ0v) is 10.4. The van der Waals surface area contributed by atoms with Crippen LogP contribution in [0.15, 0.2) is 22.8 Å². The van der Waals surface area contributed by atoms with Crippen molar-refractivity contribution in [2.45, 2.75) is 43.9 Å². The molecule has 0 amide bonds. The van der Waals surface area contributed by atoms with Gasteiger partial charge in [-0.1, -0.05) is 29.8 Å². The molecule has 1 aliphatic carbocycles. The summed E-state index contributed by atoms with van der Waals surface area (Å²) in [6, 6.07) is 4.10. The van der Waals surface area contributed by atoms with Gasteiger partial charge in [0.15, 0.2) is 0 Å². The minimum absolute atomic E-state index is 0.377. The van der Waals surface area contributed by atoms with Gasteiger partial charge in [-0.15, -0.1) is 0 Å². The normalized spacial score (nSPS) is 31.6. The van der Waals surface area contributed by atoms with Crippen LogP contribution in [0.4, 0.5) is 0 Å². The first-order valence-corrected chi connectivity index (χ1v) is 6.18. The van der Waals surface area contributed by atoms with Crippen molar-refractivity contribution in [3.05, 3.63) is 24.2 Å². The molecule has 0 aliphatic heterocycles. The molecule has 0 N–H and O–H groups in total. The highest BCUT2D eigenvalue weighted by Gasteiger charge is 2.37. The molecule has 2 heteroatoms. The van der Waals surface area contributed by atoms with E-state index in [2.05, 4.69) is 35.8 Å². The van der Waals surface area contributed by atoms with Crippen LogP contribution in [-0.2, 0) is 0 Å². The largest absolute Gasteiger partial charge is 0.469 e. The Morgan fingerprint density at radius 1 is 1.50 bits per heavy atom. The lowest BCUT2D eigenvalue weighted by molar-refractivity contribution is 0.183. The molecule has 1 aliphatic rings. The summed E-state index contributed by atoms with van der Waals surface area (Å²) in [4.78, 5) is 0.658. The number of halogens is 1. The number of alkyl halides is 1. The molecule has 1 nitrogen and oxygen atoms in total. The Hall–Kier alpha value is -0.240. The zero-order chi connectivity index (χ0) is 10.2. The molecule has 0 saturated heterocycles. The molecule has 1 heterocycles. The molecule has 0 aromatic carbocycles. The molecular formula is C12H17BrO. The van der Waals surface area contributed by atoms with Crippen molar-refractivity contribution >= 4 is 15.9 Å². The average molecular weight is 257 g/mol. The Bertz CT molecular complexity index is 289. The number of hydrogen-bond acceptors (Lipinski definition) is 1. The van der Waals surface area contributed by atoms with Crippen molar-refractivity contribution in [1.29, 1.82) is 0 Å². The first kappa shape index (κ1) is 10.3. The van der Waals surface area contributed by atoms with E-state index in [9.17, 15) is 0 Å². The van der Waals surface area contributed by atoms with Gasteiger partial charge in [0.05, 0.1) is 6.26 Å². The first-order valence-electron chi connectivity index (χ1n) is 5.27. The van der Waals surface area contributed by atoms with Crippen molar-refractivity contribution < 1.29 is 4.42 Å². The standard InChI is InChI=1S/C12H17BrO/c1-12(2)6-5-9(13)8-10(12)11-4-3-7-14-11/h3-4,7,9-10H,5-6,8H2,1-2H3. The van der Waals surface area contributed by atoms with Crippen molar-refractivity contribution in [3.8, 4) is 0 Å². The maximum Gasteiger partial charge on any atom is 0.107 e. The second kappa shape index (κ2) is 3.73. The predicted molar refractivity (Wildman–Crippen MR) is 61.8 cm³/mol. The number of hydrogen-bond donors (Lipinski definition) is 0. The molecule has 0 spiro atoms. The summed E-state index contributed by atoms with van der Waals surface area (Å²) in [6.07, 6.45) is 5.53. The first-order chi connectivity index (χ1) is 6.59. The summed E-state index contributed by atoms with van der Waals surface area (Å²) in [5.74, 6) is 1.72. The Labute approximate surface area is 94.0 Å². The molecule has 14 heavy (non-hydrogen) atoms. The molecule has 0 radical (unpaired) electrons. The van der Waals surface area contributed by atoms with Gasteiger partial charge in [-0.25, -0.2) is 0 Å². The van der Waals surface area contributed by atoms with E-state index in [1.54, 1.807) is 6.26 Å². The third-order valence-electron chi connectivity index (χ3n) is 3.42. The fraction of sp³-hybridized carbons (Fsp3) is 0.667. The number of rotatable bonds is 1. The zero-order valence-electron chi connectivity index (χ0n) is 8.79. The summed E-state index contributed by atoms with van der Waals surface area (Å²) in [6.45, 7) is 4.69. The quantitative estimate of drug-likeness (QED) is 0.682. The van der Waals surface area contributed by atoms with Crippen molar-refractivity contribution in [3.63, 3.8) is 0 Å². The second-order valence-electron chi connectivity index (χ2n) is 4.93. The second-order valence-corrected chi connectivity index (χ2v) is 6.22. The molecule has 1 fully saturated rings. The van der Waals surface area contributed by atoms with Crippen LogP contribution in [0.5, 0.6) is 0 Å². The molecule has 1 saturated carbocycles. The van der Waals surface area contributed by atoms with Gasteiger partial charge in [0, 0.05) is 10.7 Å². The van der Waals surface area contributed by atoms with E-state index < -0.39 is 0 Å². The predicted octanol–water partition coefficient (Wildman–Crippen LogP) is 4.34. The van der Waals surface area contributed by atoms with Gasteiger partial charge in [0.1, 0.15) is 5.76 Å². The SMILES string of the molecule is CC1(C)CCC(Br)CC1c1ccco1. The highest BCUT2D eigenvalue weighted by Crippen LogP contribution is 2.48. The third kappa shape index (κ3) is 1.90. The molecule has 2 unspecified atom stereocenters. The van der Waals surface area contributed by atoms with Gasteiger partial charge in [0.25, 0.3) is 0 Å². The van der Waals surface area contributed by atoms with Crippen LogP contribution < -0.4 is 0 Å². The molecule has 2 atom stereocenters. The fourth-order valence-corrected chi connectivity index (χ4v) is 2.99. The molecular weight excluding hydrogens is 240 g/mol. The van der Waals surface area contributed by atoms with Crippen molar-refractivity contribution in [2.75, 3.05) is 0 Å². The summed E-state index contributed by atoms with van der Waals surface area (Å²) < 4.78 is 5.54. The van der Waals surface area contributed by atoms with Gasteiger partial charge < -0.3 is 4.42 Å². The molecule has 1 aromatic rings. The Kier molecular flexibility index (Phi) is 2.74. The Morgan fingerprint density at radius 2 is 2.29 bits per heavy atom. The summed E-state index contributed by atoms with van der Waals surface area (Å²) >= 11 is 3.72. The summed E-state index contributed by atoms with van der Waals surface area (Å²) in [5.41, 5.74) is 0.377. The number of furan rings is 1. The van der Waals surface area contributed by atoms with E-state index in [0.717, 1.165) is 5.76 Å². The summed E-state index contributed by atoms with van der Waals surface area (Å²) in [5, 5.41) is 0. The lowest BCUT2D eigenvalue weighted by Crippen LogP contribution is -2.30. The smallest absolute Gasteiger partial charge is 0.107 e. The van der Waals surface area contributed by atoms with Crippen molar-refractivity contribution in [1.82, 2.24) is 0 Å². The fourth-order valence-electron chi connectivity index (χ4n) is 2.39. The van der Waals surface area contributed by atoms with E-state index in [-0.39, 0.29) is 0 Å². The van der Waals surface area contributed by atoms with Crippen LogP contribution in [0, 0.1) is 5.41 Å². The van der Waals surface area contributed by atoms with Crippen LogP contribution in [0.2, 0.25) is 0 Å². The van der Waals surface area contributed by atoms with Crippen LogP contribution in [0.25, 0.3) is 0 Å². The van der Waals surface area contributed by atoms with E-state index in [0.29, 0.717) is 16.2 Å². The maximum atomic E-state index is 5.54. The van der Waals surface area contributed by atoms with Crippen LogP contribution in [0.3, 0.4) is 0 Å². The molecule has 0 bridgehead atoms. The topological polar surface area (TPSA) is 13.1 Å². The molecule has 1 aromatic heterocycles. The Balaban J connectivity index is 2.22. The van der Waals surface area contributed by atoms with Gasteiger partial charge in [0.2, 0.25) is 0 Å². The van der Waals surface area contributed by atoms with E-state index in [4.69, 9.17) is 4.42 Å². The monoisotopic (exact) mass is 256 g/mol. The van der Waals surface area contributed by atoms with Gasteiger partial charge in [-0.05, 0) is 36.8 Å². The average Bonchev–Trinajstić information content (AvgIpc) is 2.62. The van der Waals surface area contributed by atoms with E-state index in [1.165, 1.54) is 19.3 Å². The highest BCUT2D eigenvalue weighted by molar-refractivity contribution is 9.09. The minimum Gasteiger partial charge on any atom is -0.469 e. The summed E-state index contributed by atoms with van der Waals surface area (Å²) in [7, 11) is 0.